The zero-order chi connectivity index (χ0) is 24.4. The fourth-order valence-corrected chi connectivity index (χ4v) is 4.82. The van der Waals surface area contributed by atoms with E-state index >= 15 is 0 Å². The number of ether oxygens (including phenoxy) is 1. The van der Waals surface area contributed by atoms with Crippen molar-refractivity contribution in [3.8, 4) is 0 Å². The molecule has 2 N–H and O–H groups in total. The second kappa shape index (κ2) is 10.1. The number of carbonyl (C=O) groups is 1. The van der Waals surface area contributed by atoms with Crippen LogP contribution in [0, 0.1) is 0 Å². The number of carbonyl (C=O) groups excluding carboxylic acids is 1. The van der Waals surface area contributed by atoms with Crippen LogP contribution in [-0.2, 0) is 24.2 Å². The number of anilines is 1. The van der Waals surface area contributed by atoms with Gasteiger partial charge in [-0.15, -0.1) is 0 Å². The number of hydrogen-bond acceptors (Lipinski definition) is 6. The van der Waals surface area contributed by atoms with E-state index in [1.807, 2.05) is 18.2 Å². The molecule has 0 aliphatic carbocycles. The van der Waals surface area contributed by atoms with E-state index in [0.29, 0.717) is 17.9 Å². The first-order chi connectivity index (χ1) is 17.0. The van der Waals surface area contributed by atoms with Crippen molar-refractivity contribution in [3.05, 3.63) is 65.0 Å². The molecule has 0 spiro atoms. The first-order valence-corrected chi connectivity index (χ1v) is 12.5. The van der Waals surface area contributed by atoms with Crippen LogP contribution in [0.1, 0.15) is 54.0 Å². The molecule has 0 saturated carbocycles. The fraction of sp³-hybridized carbons (Fsp3) is 0.393. The Morgan fingerprint density at radius 1 is 1.03 bits per heavy atom. The SMILES string of the molecule is CCCCc1nc2c(N)nc3cc(C(C)=O)ccc3c2n1Cc1ccc(CN2CCOCC2)cc1. The van der Waals surface area contributed by atoms with Crippen LogP contribution in [0.3, 0.4) is 0 Å². The molecule has 0 radical (unpaired) electrons. The van der Waals surface area contributed by atoms with E-state index in [1.54, 1.807) is 6.92 Å². The number of aromatic nitrogens is 3. The minimum atomic E-state index is 0.0154. The van der Waals surface area contributed by atoms with Crippen molar-refractivity contribution in [3.63, 3.8) is 0 Å². The first-order valence-electron chi connectivity index (χ1n) is 12.5. The number of fused-ring (bicyclic) bond motifs is 3. The largest absolute Gasteiger partial charge is 0.382 e. The van der Waals surface area contributed by atoms with Crippen LogP contribution in [0.25, 0.3) is 21.9 Å². The maximum atomic E-state index is 11.9. The van der Waals surface area contributed by atoms with E-state index in [9.17, 15) is 4.79 Å². The minimum Gasteiger partial charge on any atom is -0.382 e. The van der Waals surface area contributed by atoms with Crippen LogP contribution in [0.5, 0.6) is 0 Å². The molecule has 2 aromatic carbocycles. The van der Waals surface area contributed by atoms with Crippen molar-refractivity contribution < 1.29 is 9.53 Å². The molecule has 7 heteroatoms. The van der Waals surface area contributed by atoms with Gasteiger partial charge in [-0.25, -0.2) is 9.97 Å². The summed E-state index contributed by atoms with van der Waals surface area (Å²) < 4.78 is 7.75. The van der Waals surface area contributed by atoms with Gasteiger partial charge in [-0.1, -0.05) is 43.7 Å². The molecule has 7 nitrogen and oxygen atoms in total. The fourth-order valence-electron chi connectivity index (χ4n) is 4.82. The molecule has 182 valence electrons. The highest BCUT2D eigenvalue weighted by Crippen LogP contribution is 2.31. The Hall–Kier alpha value is -3.29. The van der Waals surface area contributed by atoms with Crippen molar-refractivity contribution in [2.24, 2.45) is 0 Å². The summed E-state index contributed by atoms with van der Waals surface area (Å²) in [5, 5.41) is 0.971. The topological polar surface area (TPSA) is 86.3 Å². The summed E-state index contributed by atoms with van der Waals surface area (Å²) in [6.45, 7) is 9.01. The molecule has 0 bridgehead atoms. The Bertz CT molecular complexity index is 1350. The number of aryl methyl sites for hydroxylation is 1. The summed E-state index contributed by atoms with van der Waals surface area (Å²) in [6.07, 6.45) is 3.03. The highest BCUT2D eigenvalue weighted by atomic mass is 16.5. The summed E-state index contributed by atoms with van der Waals surface area (Å²) in [4.78, 5) is 23.9. The number of nitrogens with two attached hydrogens (primary N) is 1. The van der Waals surface area contributed by atoms with E-state index in [-0.39, 0.29) is 5.78 Å². The van der Waals surface area contributed by atoms with Crippen molar-refractivity contribution in [1.29, 1.82) is 0 Å². The monoisotopic (exact) mass is 471 g/mol. The number of rotatable bonds is 8. The maximum absolute atomic E-state index is 11.9. The molecule has 1 aliphatic heterocycles. The quantitative estimate of drug-likeness (QED) is 0.378. The smallest absolute Gasteiger partial charge is 0.159 e. The van der Waals surface area contributed by atoms with Gasteiger partial charge in [0.05, 0.1) is 24.2 Å². The third-order valence-corrected chi connectivity index (χ3v) is 6.82. The van der Waals surface area contributed by atoms with Crippen LogP contribution < -0.4 is 5.73 Å². The normalized spacial score (nSPS) is 14.7. The number of unbranched alkanes of at least 4 members (excludes halogenated alkanes) is 1. The van der Waals surface area contributed by atoms with Gasteiger partial charge in [0.15, 0.2) is 11.6 Å². The lowest BCUT2D eigenvalue weighted by Crippen LogP contribution is -2.35. The highest BCUT2D eigenvalue weighted by molar-refractivity contribution is 6.08. The van der Waals surface area contributed by atoms with Gasteiger partial charge in [0.25, 0.3) is 0 Å². The molecule has 2 aromatic heterocycles. The number of imidazole rings is 1. The van der Waals surface area contributed by atoms with Gasteiger partial charge in [-0.2, -0.15) is 0 Å². The summed E-state index contributed by atoms with van der Waals surface area (Å²) in [5.41, 5.74) is 12.0. The third kappa shape index (κ3) is 4.92. The molecule has 5 rings (SSSR count). The van der Waals surface area contributed by atoms with Crippen molar-refractivity contribution in [2.75, 3.05) is 32.0 Å². The zero-order valence-corrected chi connectivity index (χ0v) is 20.6. The molecule has 1 fully saturated rings. The summed E-state index contributed by atoms with van der Waals surface area (Å²) in [5.74, 6) is 1.45. The number of nitrogen functional groups attached to an aromatic ring is 1. The summed E-state index contributed by atoms with van der Waals surface area (Å²) >= 11 is 0. The van der Waals surface area contributed by atoms with Gasteiger partial charge in [0.1, 0.15) is 11.3 Å². The molecule has 4 aromatic rings. The van der Waals surface area contributed by atoms with E-state index < -0.39 is 0 Å². The number of hydrogen-bond donors (Lipinski definition) is 1. The third-order valence-electron chi connectivity index (χ3n) is 6.82. The molecule has 0 atom stereocenters. The average molecular weight is 472 g/mol. The molecule has 0 unspecified atom stereocenters. The zero-order valence-electron chi connectivity index (χ0n) is 20.6. The number of Topliss-reactive ketones (excluding diaryl/α,β-unsaturated/α-hetero) is 1. The number of pyridine rings is 1. The molecule has 0 amide bonds. The summed E-state index contributed by atoms with van der Waals surface area (Å²) in [6, 6.07) is 14.6. The Balaban J connectivity index is 1.53. The second-order valence-electron chi connectivity index (χ2n) is 9.41. The number of morpholine rings is 1. The number of benzene rings is 2. The molecule has 3 heterocycles. The lowest BCUT2D eigenvalue weighted by atomic mass is 10.1. The van der Waals surface area contributed by atoms with Crippen molar-refractivity contribution in [2.45, 2.75) is 46.2 Å². The molecular formula is C28H33N5O2. The second-order valence-corrected chi connectivity index (χ2v) is 9.41. The van der Waals surface area contributed by atoms with Crippen LogP contribution in [-0.4, -0.2) is 51.5 Å². The Labute approximate surface area is 205 Å². The van der Waals surface area contributed by atoms with Gasteiger partial charge < -0.3 is 15.0 Å². The van der Waals surface area contributed by atoms with Crippen molar-refractivity contribution in [1.82, 2.24) is 19.4 Å². The van der Waals surface area contributed by atoms with Crippen LogP contribution in [0.2, 0.25) is 0 Å². The van der Waals surface area contributed by atoms with Crippen molar-refractivity contribution >= 4 is 33.5 Å². The van der Waals surface area contributed by atoms with Crippen LogP contribution in [0.15, 0.2) is 42.5 Å². The molecule has 1 saturated heterocycles. The lowest BCUT2D eigenvalue weighted by molar-refractivity contribution is 0.0342. The molecular weight excluding hydrogens is 438 g/mol. The summed E-state index contributed by atoms with van der Waals surface area (Å²) in [7, 11) is 0. The maximum Gasteiger partial charge on any atom is 0.159 e. The van der Waals surface area contributed by atoms with Crippen LogP contribution >= 0.6 is 0 Å². The predicted molar refractivity (Wildman–Crippen MR) is 140 cm³/mol. The number of nitrogens with zero attached hydrogens (tertiary/aromatic N) is 4. The van der Waals surface area contributed by atoms with Gasteiger partial charge in [-0.05, 0) is 36.6 Å². The standard InChI is InChI=1S/C28H33N5O2/c1-3-4-5-25-31-26-27(23-11-10-22(19(2)34)16-24(23)30-28(26)29)33(25)18-21-8-6-20(7-9-21)17-32-12-14-35-15-13-32/h6-11,16H,3-5,12-15,17-18H2,1-2H3,(H2,29,30). The Morgan fingerprint density at radius 3 is 2.43 bits per heavy atom. The van der Waals surface area contributed by atoms with Gasteiger partial charge >= 0.3 is 0 Å². The van der Waals surface area contributed by atoms with Crippen LogP contribution in [0.4, 0.5) is 5.82 Å². The van der Waals surface area contributed by atoms with Gasteiger partial charge in [0, 0.05) is 43.5 Å². The molecule has 1 aliphatic rings. The predicted octanol–water partition coefficient (Wildman–Crippen LogP) is 4.59. The van der Waals surface area contributed by atoms with E-state index in [4.69, 9.17) is 15.5 Å². The minimum absolute atomic E-state index is 0.0154. The first kappa shape index (κ1) is 23.5. The number of ketones is 1. The lowest BCUT2D eigenvalue weighted by Gasteiger charge is -2.26. The Morgan fingerprint density at radius 2 is 1.74 bits per heavy atom. The molecule has 35 heavy (non-hydrogen) atoms. The highest BCUT2D eigenvalue weighted by Gasteiger charge is 2.18. The van der Waals surface area contributed by atoms with E-state index in [1.165, 1.54) is 11.1 Å². The van der Waals surface area contributed by atoms with E-state index in [2.05, 4.69) is 45.6 Å². The van der Waals surface area contributed by atoms with E-state index in [0.717, 1.165) is 79.9 Å². The average Bonchev–Trinajstić information content (AvgIpc) is 3.23. The Kier molecular flexibility index (Phi) is 6.79. The van der Waals surface area contributed by atoms with Gasteiger partial charge in [-0.3, -0.25) is 9.69 Å². The van der Waals surface area contributed by atoms with Gasteiger partial charge in [0.2, 0.25) is 0 Å².